The fourth-order valence-corrected chi connectivity index (χ4v) is 3.29. The van der Waals surface area contributed by atoms with Crippen LogP contribution in [-0.4, -0.2) is 19.6 Å². The van der Waals surface area contributed by atoms with Crippen LogP contribution in [0.15, 0.2) is 59.4 Å². The Hall–Kier alpha value is -2.66. The van der Waals surface area contributed by atoms with Crippen LogP contribution in [0, 0.1) is 0 Å². The zero-order chi connectivity index (χ0) is 16.9. The van der Waals surface area contributed by atoms with Crippen LogP contribution in [-0.2, 0) is 6.42 Å². The van der Waals surface area contributed by atoms with Crippen molar-refractivity contribution >= 4 is 28.0 Å². The Balaban J connectivity index is 1.65. The third-order valence-corrected chi connectivity index (χ3v) is 4.68. The third-order valence-electron chi connectivity index (χ3n) is 3.75. The molecule has 0 aliphatic carbocycles. The summed E-state index contributed by atoms with van der Waals surface area (Å²) in [6.45, 7) is 0.513. The van der Waals surface area contributed by atoms with Crippen LogP contribution in [0.5, 0.6) is 5.75 Å². The molecule has 1 amide bonds. The van der Waals surface area contributed by atoms with Gasteiger partial charge in [-0.3, -0.25) is 9.59 Å². The molecule has 0 bridgehead atoms. The van der Waals surface area contributed by atoms with E-state index in [9.17, 15) is 9.59 Å². The summed E-state index contributed by atoms with van der Waals surface area (Å²) in [5.41, 5.74) is 1.11. The van der Waals surface area contributed by atoms with Crippen molar-refractivity contribution in [2.75, 3.05) is 13.7 Å². The van der Waals surface area contributed by atoms with Crippen LogP contribution >= 0.6 is 11.3 Å². The summed E-state index contributed by atoms with van der Waals surface area (Å²) in [6, 6.07) is 16.8. The van der Waals surface area contributed by atoms with E-state index in [1.165, 1.54) is 0 Å². The molecule has 1 N–H and O–H groups in total. The van der Waals surface area contributed by atoms with Crippen LogP contribution in [0.4, 0.5) is 0 Å². The molecule has 0 atom stereocenters. The first kappa shape index (κ1) is 16.2. The summed E-state index contributed by atoms with van der Waals surface area (Å²) in [4.78, 5) is 24.8. The highest BCUT2D eigenvalue weighted by Gasteiger charge is 2.09. The number of amides is 1. The summed E-state index contributed by atoms with van der Waals surface area (Å²) in [7, 11) is 1.63. The molecule has 3 aromatic rings. The highest BCUT2D eigenvalue weighted by molar-refractivity contribution is 7.12. The molecule has 1 heterocycles. The van der Waals surface area contributed by atoms with E-state index in [1.54, 1.807) is 19.2 Å². The van der Waals surface area contributed by atoms with Gasteiger partial charge in [-0.25, -0.2) is 0 Å². The Bertz CT molecular complexity index is 916. The van der Waals surface area contributed by atoms with E-state index >= 15 is 0 Å². The Kier molecular flexibility index (Phi) is 4.91. The first-order valence-corrected chi connectivity index (χ1v) is 8.43. The Labute approximate surface area is 143 Å². The fourth-order valence-electron chi connectivity index (χ4n) is 2.45. The van der Waals surface area contributed by atoms with E-state index in [4.69, 9.17) is 4.74 Å². The summed E-state index contributed by atoms with van der Waals surface area (Å²) in [5, 5.41) is 4.31. The van der Waals surface area contributed by atoms with Gasteiger partial charge in [0.05, 0.1) is 12.0 Å². The number of hydrogen-bond acceptors (Lipinski definition) is 4. The molecule has 0 saturated heterocycles. The van der Waals surface area contributed by atoms with Gasteiger partial charge in [-0.15, -0.1) is 0 Å². The van der Waals surface area contributed by atoms with Gasteiger partial charge in [0.15, 0.2) is 0 Å². The zero-order valence-corrected chi connectivity index (χ0v) is 14.1. The van der Waals surface area contributed by atoms with Gasteiger partial charge in [-0.05, 0) is 41.6 Å². The number of benzene rings is 2. The van der Waals surface area contributed by atoms with Gasteiger partial charge in [0.25, 0.3) is 5.91 Å². The van der Waals surface area contributed by atoms with Crippen molar-refractivity contribution in [2.45, 2.75) is 6.42 Å². The number of ether oxygens (including phenoxy) is 1. The monoisotopic (exact) mass is 339 g/mol. The normalized spacial score (nSPS) is 10.5. The standard InChI is InChI=1S/C19H17NO3S/c1-23-15-8-6-13(7-9-15)10-11-20-18(21)17-12-14-4-2-3-5-16(14)19(22)24-17/h2-9,12H,10-11H2,1H3,(H,20,21). The van der Waals surface area contributed by atoms with Gasteiger partial charge in [-0.1, -0.05) is 41.7 Å². The number of carbonyl (C=O) groups excluding carboxylic acids is 1. The first-order chi connectivity index (χ1) is 11.7. The van der Waals surface area contributed by atoms with Gasteiger partial charge in [-0.2, -0.15) is 0 Å². The summed E-state index contributed by atoms with van der Waals surface area (Å²) in [5.74, 6) is 0.597. The van der Waals surface area contributed by atoms with Gasteiger partial charge in [0.2, 0.25) is 4.74 Å². The number of carbonyl (C=O) groups is 1. The van der Waals surface area contributed by atoms with Crippen molar-refractivity contribution < 1.29 is 9.53 Å². The minimum Gasteiger partial charge on any atom is -0.497 e. The van der Waals surface area contributed by atoms with Gasteiger partial charge >= 0.3 is 0 Å². The Morgan fingerprint density at radius 2 is 1.88 bits per heavy atom. The lowest BCUT2D eigenvalue weighted by Crippen LogP contribution is -2.25. The minimum absolute atomic E-state index is 0.0894. The van der Waals surface area contributed by atoms with Gasteiger partial charge < -0.3 is 10.1 Å². The molecule has 0 unspecified atom stereocenters. The quantitative estimate of drug-likeness (QED) is 0.776. The molecule has 24 heavy (non-hydrogen) atoms. The average molecular weight is 339 g/mol. The van der Waals surface area contributed by atoms with E-state index < -0.39 is 0 Å². The lowest BCUT2D eigenvalue weighted by molar-refractivity contribution is 0.0958. The largest absolute Gasteiger partial charge is 0.497 e. The molecule has 5 heteroatoms. The first-order valence-electron chi connectivity index (χ1n) is 7.61. The van der Waals surface area contributed by atoms with Crippen molar-refractivity contribution in [3.63, 3.8) is 0 Å². The number of rotatable bonds is 5. The number of fused-ring (bicyclic) bond motifs is 1. The van der Waals surface area contributed by atoms with Crippen molar-refractivity contribution in [2.24, 2.45) is 0 Å². The Morgan fingerprint density at radius 1 is 1.12 bits per heavy atom. The maximum absolute atomic E-state index is 12.3. The van der Waals surface area contributed by atoms with Gasteiger partial charge in [0.1, 0.15) is 5.75 Å². The van der Waals surface area contributed by atoms with E-state index in [0.29, 0.717) is 16.8 Å². The minimum atomic E-state index is -0.212. The summed E-state index contributed by atoms with van der Waals surface area (Å²) >= 11 is 0.982. The van der Waals surface area contributed by atoms with Crippen LogP contribution in [0.1, 0.15) is 15.2 Å². The molecule has 0 saturated carbocycles. The maximum Gasteiger partial charge on any atom is 0.261 e. The summed E-state index contributed by atoms with van der Waals surface area (Å²) in [6.07, 6.45) is 0.720. The molecule has 122 valence electrons. The fraction of sp³-hybridized carbons (Fsp3) is 0.158. The van der Waals surface area contributed by atoms with Crippen molar-refractivity contribution in [1.82, 2.24) is 5.32 Å². The predicted octanol–water partition coefficient (Wildman–Crippen LogP) is 3.24. The zero-order valence-electron chi connectivity index (χ0n) is 13.2. The molecular weight excluding hydrogens is 322 g/mol. The second kappa shape index (κ2) is 7.27. The smallest absolute Gasteiger partial charge is 0.261 e. The van der Waals surface area contributed by atoms with Crippen LogP contribution in [0.25, 0.3) is 10.8 Å². The van der Waals surface area contributed by atoms with Crippen molar-refractivity contribution in [3.8, 4) is 5.75 Å². The number of nitrogens with one attached hydrogen (secondary N) is 1. The van der Waals surface area contributed by atoms with Crippen LogP contribution < -0.4 is 14.8 Å². The highest BCUT2D eigenvalue weighted by atomic mass is 32.1. The lowest BCUT2D eigenvalue weighted by Gasteiger charge is -2.06. The SMILES string of the molecule is COc1ccc(CCNC(=O)c2cc3ccccc3c(=O)s2)cc1. The molecular formula is C19H17NO3S. The molecule has 2 aromatic carbocycles. The van der Waals surface area contributed by atoms with E-state index in [0.717, 1.165) is 34.5 Å². The van der Waals surface area contributed by atoms with Crippen molar-refractivity contribution in [1.29, 1.82) is 0 Å². The highest BCUT2D eigenvalue weighted by Crippen LogP contribution is 2.15. The number of methoxy groups -OCH3 is 1. The lowest BCUT2D eigenvalue weighted by atomic mass is 10.1. The molecule has 0 aliphatic rings. The molecule has 0 fully saturated rings. The number of hydrogen-bond donors (Lipinski definition) is 1. The molecule has 4 nitrogen and oxygen atoms in total. The Morgan fingerprint density at radius 3 is 2.62 bits per heavy atom. The molecule has 0 spiro atoms. The van der Waals surface area contributed by atoms with Crippen LogP contribution in [0.2, 0.25) is 0 Å². The van der Waals surface area contributed by atoms with Crippen molar-refractivity contribution in [3.05, 3.63) is 74.6 Å². The van der Waals surface area contributed by atoms with Crippen LogP contribution in [0.3, 0.4) is 0 Å². The predicted molar refractivity (Wildman–Crippen MR) is 97.1 cm³/mol. The van der Waals surface area contributed by atoms with E-state index in [-0.39, 0.29) is 10.6 Å². The van der Waals surface area contributed by atoms with E-state index in [2.05, 4.69) is 5.32 Å². The topological polar surface area (TPSA) is 55.4 Å². The molecule has 3 rings (SSSR count). The molecule has 0 radical (unpaired) electrons. The maximum atomic E-state index is 12.3. The van der Waals surface area contributed by atoms with E-state index in [1.807, 2.05) is 42.5 Å². The average Bonchev–Trinajstić information content (AvgIpc) is 2.62. The van der Waals surface area contributed by atoms with Gasteiger partial charge in [0, 0.05) is 11.9 Å². The second-order valence-corrected chi connectivity index (χ2v) is 6.35. The molecule has 0 aliphatic heterocycles. The molecule has 1 aromatic heterocycles. The summed E-state index contributed by atoms with van der Waals surface area (Å²) < 4.78 is 5.03. The second-order valence-electron chi connectivity index (χ2n) is 5.34. The third kappa shape index (κ3) is 3.63.